The number of carbonyl (C=O) groups is 1. The molecule has 0 radical (unpaired) electrons. The van der Waals surface area contributed by atoms with Gasteiger partial charge in [0.15, 0.2) is 0 Å². The van der Waals surface area contributed by atoms with Gasteiger partial charge in [0.1, 0.15) is 0 Å². The Morgan fingerprint density at radius 3 is 2.44 bits per heavy atom. The number of nitrogens with one attached hydrogen (secondary N) is 1. The highest BCUT2D eigenvalue weighted by atomic mass is 16.3. The molecule has 4 nitrogen and oxygen atoms in total. The van der Waals surface area contributed by atoms with Gasteiger partial charge in [0.2, 0.25) is 0 Å². The summed E-state index contributed by atoms with van der Waals surface area (Å²) in [7, 11) is 3.52. The molecule has 0 aromatic heterocycles. The van der Waals surface area contributed by atoms with Crippen LogP contribution < -0.4 is 5.32 Å². The number of amides is 1. The van der Waals surface area contributed by atoms with E-state index < -0.39 is 0 Å². The molecule has 0 fully saturated rings. The van der Waals surface area contributed by atoms with E-state index in [4.69, 9.17) is 5.11 Å². The molecule has 88 valence electrons. The van der Waals surface area contributed by atoms with Crippen LogP contribution in [0.4, 0.5) is 5.69 Å². The van der Waals surface area contributed by atoms with Crippen LogP contribution in [0.15, 0.2) is 24.3 Å². The first kappa shape index (κ1) is 12.5. The quantitative estimate of drug-likeness (QED) is 0.804. The second-order valence-electron chi connectivity index (χ2n) is 3.78. The minimum absolute atomic E-state index is 0.0309. The lowest BCUT2D eigenvalue weighted by molar-refractivity contribution is 0.0682. The third-order valence-corrected chi connectivity index (χ3v) is 2.67. The monoisotopic (exact) mass is 222 g/mol. The lowest BCUT2D eigenvalue weighted by Crippen LogP contribution is -2.37. The molecular formula is C12H18N2O2. The lowest BCUT2D eigenvalue weighted by Gasteiger charge is -2.23. The van der Waals surface area contributed by atoms with Gasteiger partial charge in [-0.25, -0.2) is 0 Å². The molecule has 16 heavy (non-hydrogen) atoms. The number of carbonyl (C=O) groups excluding carboxylic acids is 1. The van der Waals surface area contributed by atoms with Crippen LogP contribution in [-0.2, 0) is 0 Å². The summed E-state index contributed by atoms with van der Waals surface area (Å²) in [6, 6.07) is 7.08. The van der Waals surface area contributed by atoms with Crippen molar-refractivity contribution in [3.05, 3.63) is 29.8 Å². The number of rotatable bonds is 4. The number of aliphatic hydroxyl groups is 1. The highest BCUT2D eigenvalue weighted by molar-refractivity contribution is 5.94. The average Bonchev–Trinajstić information content (AvgIpc) is 2.36. The molecule has 0 aliphatic heterocycles. The molecule has 0 saturated carbocycles. The first-order valence-corrected chi connectivity index (χ1v) is 5.26. The van der Waals surface area contributed by atoms with Gasteiger partial charge < -0.3 is 15.3 Å². The van der Waals surface area contributed by atoms with Crippen molar-refractivity contribution in [2.45, 2.75) is 13.0 Å². The number of nitrogens with zero attached hydrogens (tertiary/aromatic N) is 1. The number of benzene rings is 1. The van der Waals surface area contributed by atoms with Crippen LogP contribution in [0.3, 0.4) is 0 Å². The molecule has 0 spiro atoms. The zero-order chi connectivity index (χ0) is 12.1. The maximum atomic E-state index is 11.9. The second-order valence-corrected chi connectivity index (χ2v) is 3.78. The summed E-state index contributed by atoms with van der Waals surface area (Å²) in [6.45, 7) is 1.77. The van der Waals surface area contributed by atoms with Gasteiger partial charge in [-0.2, -0.15) is 0 Å². The van der Waals surface area contributed by atoms with Gasteiger partial charge in [0.25, 0.3) is 5.91 Å². The van der Waals surface area contributed by atoms with E-state index in [2.05, 4.69) is 5.32 Å². The van der Waals surface area contributed by atoms with Crippen molar-refractivity contribution < 1.29 is 9.90 Å². The van der Waals surface area contributed by atoms with Crippen molar-refractivity contribution in [2.75, 3.05) is 26.0 Å². The first-order chi connectivity index (χ1) is 7.60. The molecule has 1 amide bonds. The van der Waals surface area contributed by atoms with E-state index in [1.54, 1.807) is 26.1 Å². The van der Waals surface area contributed by atoms with E-state index in [1.807, 2.05) is 19.2 Å². The third kappa shape index (κ3) is 2.73. The second kappa shape index (κ2) is 5.51. The van der Waals surface area contributed by atoms with Crippen LogP contribution in [0.5, 0.6) is 0 Å². The van der Waals surface area contributed by atoms with E-state index >= 15 is 0 Å². The molecule has 0 bridgehead atoms. The van der Waals surface area contributed by atoms with E-state index in [1.165, 1.54) is 4.90 Å². The molecular weight excluding hydrogens is 204 g/mol. The Labute approximate surface area is 95.9 Å². The molecule has 1 rings (SSSR count). The Bertz CT molecular complexity index is 349. The Morgan fingerprint density at radius 2 is 2.00 bits per heavy atom. The van der Waals surface area contributed by atoms with Crippen molar-refractivity contribution in [3.8, 4) is 0 Å². The molecule has 1 aromatic rings. The van der Waals surface area contributed by atoms with Gasteiger partial charge in [-0.15, -0.1) is 0 Å². The molecule has 1 atom stereocenters. The van der Waals surface area contributed by atoms with Gasteiger partial charge in [0.05, 0.1) is 12.6 Å². The van der Waals surface area contributed by atoms with Crippen molar-refractivity contribution in [2.24, 2.45) is 0 Å². The molecule has 0 aliphatic rings. The Hall–Kier alpha value is -1.55. The fourth-order valence-corrected chi connectivity index (χ4v) is 1.31. The summed E-state index contributed by atoms with van der Waals surface area (Å²) in [5, 5.41) is 12.0. The minimum Gasteiger partial charge on any atom is -0.394 e. The summed E-state index contributed by atoms with van der Waals surface area (Å²) in [5.74, 6) is -0.0794. The molecule has 1 unspecified atom stereocenters. The summed E-state index contributed by atoms with van der Waals surface area (Å²) in [5.41, 5.74) is 1.59. The number of hydrogen-bond acceptors (Lipinski definition) is 3. The summed E-state index contributed by atoms with van der Waals surface area (Å²) in [6.07, 6.45) is 0. The molecule has 2 N–H and O–H groups in total. The predicted octanol–water partition coefficient (Wildman–Crippen LogP) is 1.18. The predicted molar refractivity (Wildman–Crippen MR) is 64.6 cm³/mol. The molecule has 1 aromatic carbocycles. The zero-order valence-corrected chi connectivity index (χ0v) is 9.90. The summed E-state index contributed by atoms with van der Waals surface area (Å²) in [4.78, 5) is 13.5. The highest BCUT2D eigenvalue weighted by Crippen LogP contribution is 2.11. The maximum Gasteiger partial charge on any atom is 0.253 e. The zero-order valence-electron chi connectivity index (χ0n) is 9.90. The van der Waals surface area contributed by atoms with Crippen LogP contribution in [0.2, 0.25) is 0 Å². The van der Waals surface area contributed by atoms with E-state index in [9.17, 15) is 4.79 Å². The first-order valence-electron chi connectivity index (χ1n) is 5.26. The molecule has 4 heteroatoms. The smallest absolute Gasteiger partial charge is 0.253 e. The number of likely N-dealkylation sites (N-methyl/N-ethyl adjacent to an activating group) is 1. The number of aliphatic hydroxyl groups excluding tert-OH is 1. The van der Waals surface area contributed by atoms with Crippen LogP contribution >= 0.6 is 0 Å². The highest BCUT2D eigenvalue weighted by Gasteiger charge is 2.16. The SMILES string of the molecule is CNc1ccc(C(=O)N(C)C(C)CO)cc1. The Morgan fingerprint density at radius 1 is 1.44 bits per heavy atom. The number of anilines is 1. The lowest BCUT2D eigenvalue weighted by atomic mass is 10.1. The standard InChI is InChI=1S/C12H18N2O2/c1-9(8-15)14(3)12(16)10-4-6-11(13-2)7-5-10/h4-7,9,13,15H,8H2,1-3H3. The summed E-state index contributed by atoms with van der Waals surface area (Å²) >= 11 is 0. The summed E-state index contributed by atoms with van der Waals surface area (Å²) < 4.78 is 0. The molecule has 0 saturated heterocycles. The van der Waals surface area contributed by atoms with Crippen LogP contribution in [0, 0.1) is 0 Å². The third-order valence-electron chi connectivity index (χ3n) is 2.67. The Kier molecular flexibility index (Phi) is 4.31. The van der Waals surface area contributed by atoms with Crippen molar-refractivity contribution >= 4 is 11.6 Å². The van der Waals surface area contributed by atoms with Gasteiger partial charge in [-0.1, -0.05) is 0 Å². The van der Waals surface area contributed by atoms with Crippen molar-refractivity contribution in [3.63, 3.8) is 0 Å². The van der Waals surface area contributed by atoms with Crippen molar-refractivity contribution in [1.82, 2.24) is 4.90 Å². The topological polar surface area (TPSA) is 52.6 Å². The fourth-order valence-electron chi connectivity index (χ4n) is 1.31. The normalized spacial score (nSPS) is 12.0. The molecule has 0 heterocycles. The average molecular weight is 222 g/mol. The minimum atomic E-state index is -0.170. The van der Waals surface area contributed by atoms with Crippen LogP contribution in [0.1, 0.15) is 17.3 Å². The van der Waals surface area contributed by atoms with E-state index in [0.29, 0.717) is 5.56 Å². The van der Waals surface area contributed by atoms with Gasteiger partial charge in [-0.3, -0.25) is 4.79 Å². The van der Waals surface area contributed by atoms with Crippen molar-refractivity contribution in [1.29, 1.82) is 0 Å². The largest absolute Gasteiger partial charge is 0.394 e. The Balaban J connectivity index is 2.80. The van der Waals surface area contributed by atoms with Crippen LogP contribution in [-0.4, -0.2) is 42.7 Å². The number of hydrogen-bond donors (Lipinski definition) is 2. The van der Waals surface area contributed by atoms with Gasteiger partial charge >= 0.3 is 0 Å². The van der Waals surface area contributed by atoms with Gasteiger partial charge in [-0.05, 0) is 31.2 Å². The van der Waals surface area contributed by atoms with E-state index in [-0.39, 0.29) is 18.6 Å². The van der Waals surface area contributed by atoms with Gasteiger partial charge in [0, 0.05) is 25.3 Å². The van der Waals surface area contributed by atoms with Crippen LogP contribution in [0.25, 0.3) is 0 Å². The fraction of sp³-hybridized carbons (Fsp3) is 0.417. The molecule has 0 aliphatic carbocycles. The maximum absolute atomic E-state index is 11.9. The van der Waals surface area contributed by atoms with E-state index in [0.717, 1.165) is 5.69 Å².